The van der Waals surface area contributed by atoms with Crippen LogP contribution >= 0.6 is 0 Å². The predicted octanol–water partition coefficient (Wildman–Crippen LogP) is 7.01. The van der Waals surface area contributed by atoms with Gasteiger partial charge < -0.3 is 9.47 Å². The Kier molecular flexibility index (Phi) is 8.97. The van der Waals surface area contributed by atoms with Crippen molar-refractivity contribution in [3.8, 4) is 0 Å². The maximum absolute atomic E-state index is 6.87. The van der Waals surface area contributed by atoms with Gasteiger partial charge in [0.2, 0.25) is 0 Å². The molecule has 1 saturated heterocycles. The second-order valence-corrected chi connectivity index (χ2v) is 10.1. The van der Waals surface area contributed by atoms with Crippen molar-refractivity contribution in [2.24, 2.45) is 29.6 Å². The highest BCUT2D eigenvalue weighted by Crippen LogP contribution is 2.45. The van der Waals surface area contributed by atoms with Crippen molar-refractivity contribution in [3.63, 3.8) is 0 Å². The Morgan fingerprint density at radius 1 is 0.815 bits per heavy atom. The molecule has 1 heterocycles. The van der Waals surface area contributed by atoms with E-state index in [0.29, 0.717) is 18.1 Å². The molecule has 1 aliphatic heterocycles. The van der Waals surface area contributed by atoms with Gasteiger partial charge in [0.25, 0.3) is 0 Å². The standard InChI is InChI=1S/C25H46O2/c1-4-19(3)14-15-23(5-2)27-25(22-17-26-18-22)16-24(20-10-6-7-11-20)21-12-8-9-13-21/h19-25H,4-18H2,1-3H3. The molecule has 0 spiro atoms. The molecule has 158 valence electrons. The second-order valence-electron chi connectivity index (χ2n) is 10.1. The molecule has 0 amide bonds. The Balaban J connectivity index is 1.61. The van der Waals surface area contributed by atoms with Crippen molar-refractivity contribution in [2.45, 2.75) is 116 Å². The first-order valence-corrected chi connectivity index (χ1v) is 12.4. The van der Waals surface area contributed by atoms with E-state index in [-0.39, 0.29) is 0 Å². The summed E-state index contributed by atoms with van der Waals surface area (Å²) in [6, 6.07) is 0. The van der Waals surface area contributed by atoms with Crippen LogP contribution in [-0.2, 0) is 9.47 Å². The van der Waals surface area contributed by atoms with Crippen molar-refractivity contribution < 1.29 is 9.47 Å². The monoisotopic (exact) mass is 378 g/mol. The molecule has 2 saturated carbocycles. The van der Waals surface area contributed by atoms with Gasteiger partial charge in [-0.25, -0.2) is 0 Å². The van der Waals surface area contributed by atoms with Crippen LogP contribution in [0.4, 0.5) is 0 Å². The van der Waals surface area contributed by atoms with E-state index >= 15 is 0 Å². The molecule has 2 aliphatic carbocycles. The third kappa shape index (κ3) is 6.20. The molecule has 0 radical (unpaired) electrons. The highest BCUT2D eigenvalue weighted by molar-refractivity contribution is 4.88. The van der Waals surface area contributed by atoms with Crippen LogP contribution in [0.15, 0.2) is 0 Å². The fourth-order valence-corrected chi connectivity index (χ4v) is 5.93. The largest absolute Gasteiger partial charge is 0.380 e. The minimum Gasteiger partial charge on any atom is -0.380 e. The normalized spacial score (nSPS) is 25.8. The quantitative estimate of drug-likeness (QED) is 0.363. The molecule has 0 bridgehead atoms. The van der Waals surface area contributed by atoms with Gasteiger partial charge in [-0.1, -0.05) is 78.6 Å². The Morgan fingerprint density at radius 2 is 1.41 bits per heavy atom. The number of hydrogen-bond acceptors (Lipinski definition) is 2. The van der Waals surface area contributed by atoms with Crippen molar-refractivity contribution >= 4 is 0 Å². The molecule has 3 fully saturated rings. The lowest BCUT2D eigenvalue weighted by molar-refractivity contribution is -0.146. The summed E-state index contributed by atoms with van der Waals surface area (Å²) in [7, 11) is 0. The minimum atomic E-state index is 0.451. The molecule has 27 heavy (non-hydrogen) atoms. The molecular formula is C25H46O2. The van der Waals surface area contributed by atoms with Crippen molar-refractivity contribution in [2.75, 3.05) is 13.2 Å². The molecule has 3 rings (SSSR count). The number of rotatable bonds is 12. The topological polar surface area (TPSA) is 18.5 Å². The van der Waals surface area contributed by atoms with Gasteiger partial charge in [-0.2, -0.15) is 0 Å². The van der Waals surface area contributed by atoms with Crippen LogP contribution in [0.3, 0.4) is 0 Å². The summed E-state index contributed by atoms with van der Waals surface area (Å²) < 4.78 is 12.5. The van der Waals surface area contributed by atoms with E-state index in [9.17, 15) is 0 Å². The summed E-state index contributed by atoms with van der Waals surface area (Å²) in [5.41, 5.74) is 0. The molecule has 0 aromatic rings. The zero-order valence-corrected chi connectivity index (χ0v) is 18.5. The van der Waals surface area contributed by atoms with Gasteiger partial charge >= 0.3 is 0 Å². The van der Waals surface area contributed by atoms with Crippen LogP contribution in [0.5, 0.6) is 0 Å². The minimum absolute atomic E-state index is 0.451. The molecule has 3 unspecified atom stereocenters. The molecule has 3 atom stereocenters. The highest BCUT2D eigenvalue weighted by Gasteiger charge is 2.39. The predicted molar refractivity (Wildman–Crippen MR) is 114 cm³/mol. The van der Waals surface area contributed by atoms with Crippen LogP contribution < -0.4 is 0 Å². The van der Waals surface area contributed by atoms with E-state index in [1.807, 2.05) is 0 Å². The van der Waals surface area contributed by atoms with Crippen LogP contribution in [0.1, 0.15) is 104 Å². The third-order valence-corrected chi connectivity index (χ3v) is 8.21. The van der Waals surface area contributed by atoms with Gasteiger partial charge in [-0.05, 0) is 49.4 Å². The van der Waals surface area contributed by atoms with Gasteiger partial charge in [0, 0.05) is 5.92 Å². The Hall–Kier alpha value is -0.0800. The summed E-state index contributed by atoms with van der Waals surface area (Å²) >= 11 is 0. The molecule has 0 N–H and O–H groups in total. The lowest BCUT2D eigenvalue weighted by atomic mass is 9.74. The maximum atomic E-state index is 6.87. The van der Waals surface area contributed by atoms with Crippen LogP contribution in [-0.4, -0.2) is 25.4 Å². The van der Waals surface area contributed by atoms with Crippen LogP contribution in [0.2, 0.25) is 0 Å². The van der Waals surface area contributed by atoms with Crippen LogP contribution in [0, 0.1) is 29.6 Å². The molecule has 2 nitrogen and oxygen atoms in total. The fraction of sp³-hybridized carbons (Fsp3) is 1.00. The average molecular weight is 379 g/mol. The number of ether oxygens (including phenoxy) is 2. The summed E-state index contributed by atoms with van der Waals surface area (Å²) in [6.07, 6.45) is 19.1. The lowest BCUT2D eigenvalue weighted by Gasteiger charge is -2.40. The summed E-state index contributed by atoms with van der Waals surface area (Å²) in [5, 5.41) is 0. The van der Waals surface area contributed by atoms with Gasteiger partial charge in [0.05, 0.1) is 25.4 Å². The van der Waals surface area contributed by atoms with Gasteiger partial charge in [0.15, 0.2) is 0 Å². The van der Waals surface area contributed by atoms with Gasteiger partial charge in [-0.3, -0.25) is 0 Å². The Labute approximate surface area is 169 Å². The zero-order chi connectivity index (χ0) is 19.1. The number of hydrogen-bond donors (Lipinski definition) is 0. The summed E-state index contributed by atoms with van der Waals surface area (Å²) in [4.78, 5) is 0. The Morgan fingerprint density at radius 3 is 1.85 bits per heavy atom. The SMILES string of the molecule is CCC(C)CCC(CC)OC(CC(C1CCCC1)C1CCCC1)C1COC1. The molecule has 2 heteroatoms. The first-order chi connectivity index (χ1) is 13.2. The molecular weight excluding hydrogens is 332 g/mol. The first kappa shape index (κ1) is 21.6. The average Bonchev–Trinajstić information content (AvgIpc) is 3.34. The maximum Gasteiger partial charge on any atom is 0.0654 e. The third-order valence-electron chi connectivity index (χ3n) is 8.21. The zero-order valence-electron chi connectivity index (χ0n) is 18.5. The molecule has 0 aromatic carbocycles. The first-order valence-electron chi connectivity index (χ1n) is 12.4. The molecule has 0 aromatic heterocycles. The van der Waals surface area contributed by atoms with E-state index in [0.717, 1.165) is 43.3 Å². The Bertz CT molecular complexity index is 377. The van der Waals surface area contributed by atoms with Crippen molar-refractivity contribution in [1.29, 1.82) is 0 Å². The van der Waals surface area contributed by atoms with E-state index in [4.69, 9.17) is 9.47 Å². The van der Waals surface area contributed by atoms with Gasteiger partial charge in [0.1, 0.15) is 0 Å². The second kappa shape index (κ2) is 11.2. The van der Waals surface area contributed by atoms with E-state index in [2.05, 4.69) is 20.8 Å². The highest BCUT2D eigenvalue weighted by atomic mass is 16.5. The van der Waals surface area contributed by atoms with Gasteiger partial charge in [-0.15, -0.1) is 0 Å². The summed E-state index contributed by atoms with van der Waals surface area (Å²) in [6.45, 7) is 8.90. The lowest BCUT2D eigenvalue weighted by Crippen LogP contribution is -2.43. The van der Waals surface area contributed by atoms with E-state index in [1.54, 1.807) is 0 Å². The smallest absolute Gasteiger partial charge is 0.0654 e. The van der Waals surface area contributed by atoms with Crippen molar-refractivity contribution in [1.82, 2.24) is 0 Å². The van der Waals surface area contributed by atoms with E-state index in [1.165, 1.54) is 77.0 Å². The van der Waals surface area contributed by atoms with Crippen LogP contribution in [0.25, 0.3) is 0 Å². The van der Waals surface area contributed by atoms with Crippen molar-refractivity contribution in [3.05, 3.63) is 0 Å². The fourth-order valence-electron chi connectivity index (χ4n) is 5.93. The van der Waals surface area contributed by atoms with E-state index < -0.39 is 0 Å². The summed E-state index contributed by atoms with van der Waals surface area (Å²) in [5.74, 6) is 4.39. The molecule has 3 aliphatic rings.